The Morgan fingerprint density at radius 2 is 2.11 bits per heavy atom. The molecule has 0 aliphatic rings. The standard InChI is InChI=1S/C14H19N3O/c1-4-14(2,3)9-15-13(18)12-10-7-5-6-8-11(10)16-17-12/h5-8H,4,9H2,1-3H3,(H,15,18)(H,16,17). The van der Waals surface area contributed by atoms with Crippen LogP contribution in [0.4, 0.5) is 0 Å². The fourth-order valence-electron chi connectivity index (χ4n) is 1.66. The normalized spacial score (nSPS) is 11.7. The van der Waals surface area contributed by atoms with Gasteiger partial charge in [0, 0.05) is 11.9 Å². The molecule has 4 heteroatoms. The van der Waals surface area contributed by atoms with Gasteiger partial charge < -0.3 is 5.32 Å². The average molecular weight is 245 g/mol. The van der Waals surface area contributed by atoms with Gasteiger partial charge in [-0.3, -0.25) is 9.89 Å². The highest BCUT2D eigenvalue weighted by molar-refractivity contribution is 6.04. The summed E-state index contributed by atoms with van der Waals surface area (Å²) in [6.07, 6.45) is 1.02. The summed E-state index contributed by atoms with van der Waals surface area (Å²) in [7, 11) is 0. The minimum atomic E-state index is -0.117. The maximum atomic E-state index is 12.1. The molecule has 0 aliphatic heterocycles. The van der Waals surface area contributed by atoms with Gasteiger partial charge in [0.2, 0.25) is 0 Å². The number of nitrogens with zero attached hydrogens (tertiary/aromatic N) is 1. The van der Waals surface area contributed by atoms with Crippen LogP contribution in [0.2, 0.25) is 0 Å². The van der Waals surface area contributed by atoms with E-state index < -0.39 is 0 Å². The summed E-state index contributed by atoms with van der Waals surface area (Å²) in [4.78, 5) is 12.1. The average Bonchev–Trinajstić information content (AvgIpc) is 2.80. The molecule has 0 atom stereocenters. The number of H-pyrrole nitrogens is 1. The van der Waals surface area contributed by atoms with E-state index in [4.69, 9.17) is 0 Å². The van der Waals surface area contributed by atoms with Gasteiger partial charge in [-0.2, -0.15) is 5.10 Å². The summed E-state index contributed by atoms with van der Waals surface area (Å²) < 4.78 is 0. The Morgan fingerprint density at radius 3 is 2.83 bits per heavy atom. The van der Waals surface area contributed by atoms with E-state index >= 15 is 0 Å². The number of fused-ring (bicyclic) bond motifs is 1. The highest BCUT2D eigenvalue weighted by Gasteiger charge is 2.19. The van der Waals surface area contributed by atoms with Crippen LogP contribution in [0.15, 0.2) is 24.3 Å². The first kappa shape index (κ1) is 12.6. The zero-order chi connectivity index (χ0) is 13.2. The first-order valence-electron chi connectivity index (χ1n) is 6.25. The lowest BCUT2D eigenvalue weighted by Gasteiger charge is -2.22. The van der Waals surface area contributed by atoms with Gasteiger partial charge in [0.15, 0.2) is 5.69 Å². The van der Waals surface area contributed by atoms with Crippen molar-refractivity contribution in [2.45, 2.75) is 27.2 Å². The lowest BCUT2D eigenvalue weighted by molar-refractivity contribution is 0.0932. The predicted octanol–water partition coefficient (Wildman–Crippen LogP) is 2.73. The molecule has 0 saturated carbocycles. The fourth-order valence-corrected chi connectivity index (χ4v) is 1.66. The topological polar surface area (TPSA) is 57.8 Å². The molecule has 2 aromatic rings. The van der Waals surface area contributed by atoms with Crippen molar-refractivity contribution in [3.8, 4) is 0 Å². The van der Waals surface area contributed by atoms with Crippen molar-refractivity contribution in [2.75, 3.05) is 6.54 Å². The molecule has 1 amide bonds. The highest BCUT2D eigenvalue weighted by atomic mass is 16.1. The second kappa shape index (κ2) is 4.80. The molecule has 0 unspecified atom stereocenters. The van der Waals surface area contributed by atoms with Crippen molar-refractivity contribution in [2.24, 2.45) is 5.41 Å². The van der Waals surface area contributed by atoms with Crippen LogP contribution < -0.4 is 5.32 Å². The smallest absolute Gasteiger partial charge is 0.272 e. The number of hydrogen-bond acceptors (Lipinski definition) is 2. The Hall–Kier alpha value is -1.84. The molecule has 96 valence electrons. The fraction of sp³-hybridized carbons (Fsp3) is 0.429. The van der Waals surface area contributed by atoms with Gasteiger partial charge in [-0.1, -0.05) is 39.0 Å². The number of rotatable bonds is 4. The summed E-state index contributed by atoms with van der Waals surface area (Å²) in [5.74, 6) is -0.117. The van der Waals surface area contributed by atoms with E-state index in [0.717, 1.165) is 17.3 Å². The first-order valence-corrected chi connectivity index (χ1v) is 6.25. The number of hydrogen-bond donors (Lipinski definition) is 2. The minimum Gasteiger partial charge on any atom is -0.350 e. The van der Waals surface area contributed by atoms with Gasteiger partial charge in [-0.25, -0.2) is 0 Å². The van der Waals surface area contributed by atoms with Gasteiger partial charge in [0.05, 0.1) is 5.52 Å². The maximum absolute atomic E-state index is 12.1. The molecule has 18 heavy (non-hydrogen) atoms. The molecule has 1 heterocycles. The van der Waals surface area contributed by atoms with E-state index in [0.29, 0.717) is 12.2 Å². The van der Waals surface area contributed by atoms with Gasteiger partial charge in [0.1, 0.15) is 0 Å². The van der Waals surface area contributed by atoms with Crippen molar-refractivity contribution >= 4 is 16.8 Å². The molecule has 4 nitrogen and oxygen atoms in total. The van der Waals surface area contributed by atoms with Crippen LogP contribution in [0, 0.1) is 5.41 Å². The van der Waals surface area contributed by atoms with Crippen molar-refractivity contribution in [1.82, 2.24) is 15.5 Å². The third-order valence-electron chi connectivity index (χ3n) is 3.37. The summed E-state index contributed by atoms with van der Waals surface area (Å²) in [6, 6.07) is 7.64. The molecule has 0 spiro atoms. The van der Waals surface area contributed by atoms with E-state index in [-0.39, 0.29) is 11.3 Å². The summed E-state index contributed by atoms with van der Waals surface area (Å²) in [5, 5.41) is 10.8. The number of carbonyl (C=O) groups excluding carboxylic acids is 1. The van der Waals surface area contributed by atoms with Crippen LogP contribution in [-0.4, -0.2) is 22.6 Å². The van der Waals surface area contributed by atoms with Crippen LogP contribution in [0.25, 0.3) is 10.9 Å². The van der Waals surface area contributed by atoms with E-state index in [9.17, 15) is 4.79 Å². The van der Waals surface area contributed by atoms with Gasteiger partial charge in [-0.05, 0) is 17.9 Å². The second-order valence-electron chi connectivity index (χ2n) is 5.32. The molecule has 0 radical (unpaired) electrons. The highest BCUT2D eigenvalue weighted by Crippen LogP contribution is 2.19. The molecule has 0 fully saturated rings. The Labute approximate surface area is 107 Å². The van der Waals surface area contributed by atoms with E-state index in [2.05, 4.69) is 36.3 Å². The second-order valence-corrected chi connectivity index (χ2v) is 5.32. The van der Waals surface area contributed by atoms with Crippen LogP contribution in [0.1, 0.15) is 37.7 Å². The predicted molar refractivity (Wildman–Crippen MR) is 72.5 cm³/mol. The Morgan fingerprint density at radius 1 is 1.39 bits per heavy atom. The SMILES string of the molecule is CCC(C)(C)CNC(=O)c1n[nH]c2ccccc12. The molecule has 0 saturated heterocycles. The molecule has 2 rings (SSSR count). The number of aromatic amines is 1. The largest absolute Gasteiger partial charge is 0.350 e. The Balaban J connectivity index is 2.14. The molecular formula is C14H19N3O. The number of aromatic nitrogens is 2. The molecule has 1 aromatic carbocycles. The zero-order valence-corrected chi connectivity index (χ0v) is 11.1. The molecule has 0 bridgehead atoms. The lowest BCUT2D eigenvalue weighted by Crippen LogP contribution is -2.33. The lowest BCUT2D eigenvalue weighted by atomic mass is 9.90. The van der Waals surface area contributed by atoms with Gasteiger partial charge >= 0.3 is 0 Å². The summed E-state index contributed by atoms with van der Waals surface area (Å²) >= 11 is 0. The van der Waals surface area contributed by atoms with E-state index in [1.807, 2.05) is 24.3 Å². The quantitative estimate of drug-likeness (QED) is 0.870. The number of nitrogens with one attached hydrogen (secondary N) is 2. The molecule has 2 N–H and O–H groups in total. The maximum Gasteiger partial charge on any atom is 0.272 e. The minimum absolute atomic E-state index is 0.113. The van der Waals surface area contributed by atoms with E-state index in [1.165, 1.54) is 0 Å². The van der Waals surface area contributed by atoms with Gasteiger partial charge in [0.25, 0.3) is 5.91 Å². The Bertz CT molecular complexity index is 557. The first-order chi connectivity index (χ1) is 8.53. The summed E-state index contributed by atoms with van der Waals surface area (Å²) in [5.41, 5.74) is 1.47. The van der Waals surface area contributed by atoms with Crippen molar-refractivity contribution in [3.05, 3.63) is 30.0 Å². The number of carbonyl (C=O) groups is 1. The number of amides is 1. The van der Waals surface area contributed by atoms with Crippen molar-refractivity contribution < 1.29 is 4.79 Å². The van der Waals surface area contributed by atoms with Crippen LogP contribution >= 0.6 is 0 Å². The van der Waals surface area contributed by atoms with Gasteiger partial charge in [-0.15, -0.1) is 0 Å². The molecule has 1 aromatic heterocycles. The van der Waals surface area contributed by atoms with Crippen LogP contribution in [0.5, 0.6) is 0 Å². The molecule has 0 aliphatic carbocycles. The van der Waals surface area contributed by atoms with Crippen molar-refractivity contribution in [1.29, 1.82) is 0 Å². The number of para-hydroxylation sites is 1. The number of benzene rings is 1. The monoisotopic (exact) mass is 245 g/mol. The van der Waals surface area contributed by atoms with Crippen molar-refractivity contribution in [3.63, 3.8) is 0 Å². The molecular weight excluding hydrogens is 226 g/mol. The van der Waals surface area contributed by atoms with E-state index in [1.54, 1.807) is 0 Å². The van der Waals surface area contributed by atoms with Crippen LogP contribution in [-0.2, 0) is 0 Å². The third-order valence-corrected chi connectivity index (χ3v) is 3.37. The zero-order valence-electron chi connectivity index (χ0n) is 11.1. The summed E-state index contributed by atoms with van der Waals surface area (Å²) in [6.45, 7) is 7.05. The van der Waals surface area contributed by atoms with Crippen LogP contribution in [0.3, 0.4) is 0 Å². The third kappa shape index (κ3) is 2.53. The Kier molecular flexibility index (Phi) is 3.36.